The van der Waals surface area contributed by atoms with Gasteiger partial charge in [0.25, 0.3) is 0 Å². The maximum Gasteiger partial charge on any atom is 0.221 e. The first-order chi connectivity index (χ1) is 10.1. The van der Waals surface area contributed by atoms with Crippen LogP contribution in [0.2, 0.25) is 0 Å². The van der Waals surface area contributed by atoms with Gasteiger partial charge in [-0.05, 0) is 44.4 Å². The highest BCUT2D eigenvalue weighted by molar-refractivity contribution is 5.78. The number of hydrogen-bond acceptors (Lipinski definition) is 3. The number of anilines is 1. The minimum Gasteiger partial charge on any atom is -0.382 e. The smallest absolute Gasteiger partial charge is 0.221 e. The second-order valence-electron chi connectivity index (χ2n) is 6.08. The number of nitrogens with two attached hydrogens (primary N) is 1. The summed E-state index contributed by atoms with van der Waals surface area (Å²) in [6.07, 6.45) is 6.60. The summed E-state index contributed by atoms with van der Waals surface area (Å²) in [5, 5.41) is 7.17. The standard InChI is InChI=1S/C17H27N3O/c1-13(11-15-8-3-2-6-10-19-15)20-16-9-5-4-7-14(16)12-17(18)21/h4-5,7,9,13,15,19-20H,2-3,6,8,10-12H2,1H3,(H2,18,21). The molecule has 0 aliphatic carbocycles. The van der Waals surface area contributed by atoms with Crippen molar-refractivity contribution in [3.05, 3.63) is 29.8 Å². The Hall–Kier alpha value is -1.55. The van der Waals surface area contributed by atoms with E-state index in [4.69, 9.17) is 5.73 Å². The van der Waals surface area contributed by atoms with E-state index in [9.17, 15) is 4.79 Å². The topological polar surface area (TPSA) is 67.2 Å². The van der Waals surface area contributed by atoms with Crippen LogP contribution < -0.4 is 16.4 Å². The van der Waals surface area contributed by atoms with Crippen molar-refractivity contribution in [2.24, 2.45) is 5.73 Å². The Kier molecular flexibility index (Phi) is 6.05. The molecule has 0 spiro atoms. The molecule has 2 unspecified atom stereocenters. The maximum atomic E-state index is 11.1. The summed E-state index contributed by atoms with van der Waals surface area (Å²) >= 11 is 0. The monoisotopic (exact) mass is 289 g/mol. The highest BCUT2D eigenvalue weighted by Gasteiger charge is 2.15. The second kappa shape index (κ2) is 8.03. The lowest BCUT2D eigenvalue weighted by atomic mass is 10.0. The summed E-state index contributed by atoms with van der Waals surface area (Å²) in [5.41, 5.74) is 7.32. The van der Waals surface area contributed by atoms with E-state index in [1.807, 2.05) is 24.3 Å². The average Bonchev–Trinajstić information content (AvgIpc) is 2.69. The third-order valence-corrected chi connectivity index (χ3v) is 4.08. The van der Waals surface area contributed by atoms with Crippen molar-refractivity contribution in [2.75, 3.05) is 11.9 Å². The lowest BCUT2D eigenvalue weighted by Gasteiger charge is -2.23. The lowest BCUT2D eigenvalue weighted by molar-refractivity contribution is -0.117. The first-order valence-corrected chi connectivity index (χ1v) is 8.01. The summed E-state index contributed by atoms with van der Waals surface area (Å²) in [5.74, 6) is -0.290. The fraction of sp³-hybridized carbons (Fsp3) is 0.588. The first kappa shape index (κ1) is 15.8. The Bertz CT molecular complexity index is 453. The molecule has 0 radical (unpaired) electrons. The molecule has 0 aromatic heterocycles. The van der Waals surface area contributed by atoms with Crippen molar-refractivity contribution in [1.82, 2.24) is 5.32 Å². The van der Waals surface area contributed by atoms with Gasteiger partial charge in [-0.3, -0.25) is 4.79 Å². The van der Waals surface area contributed by atoms with Gasteiger partial charge in [0.1, 0.15) is 0 Å². The zero-order valence-electron chi connectivity index (χ0n) is 12.9. The van der Waals surface area contributed by atoms with Crippen molar-refractivity contribution < 1.29 is 4.79 Å². The minimum atomic E-state index is -0.290. The zero-order chi connectivity index (χ0) is 15.1. The molecular weight excluding hydrogens is 262 g/mol. The molecule has 1 saturated heterocycles. The summed E-state index contributed by atoms with van der Waals surface area (Å²) in [7, 11) is 0. The summed E-state index contributed by atoms with van der Waals surface area (Å²) in [6, 6.07) is 8.89. The fourth-order valence-corrected chi connectivity index (χ4v) is 3.06. The predicted molar refractivity (Wildman–Crippen MR) is 87.3 cm³/mol. The van der Waals surface area contributed by atoms with E-state index in [1.165, 1.54) is 25.7 Å². The van der Waals surface area contributed by atoms with E-state index < -0.39 is 0 Å². The van der Waals surface area contributed by atoms with Crippen molar-refractivity contribution in [1.29, 1.82) is 0 Å². The lowest BCUT2D eigenvalue weighted by Crippen LogP contribution is -2.33. The highest BCUT2D eigenvalue weighted by Crippen LogP contribution is 2.19. The molecule has 1 aliphatic rings. The van der Waals surface area contributed by atoms with Crippen LogP contribution >= 0.6 is 0 Å². The molecule has 1 aromatic rings. The molecule has 116 valence electrons. The van der Waals surface area contributed by atoms with E-state index in [-0.39, 0.29) is 12.3 Å². The molecule has 4 nitrogen and oxygen atoms in total. The molecule has 2 rings (SSSR count). The number of benzene rings is 1. The summed E-state index contributed by atoms with van der Waals surface area (Å²) in [4.78, 5) is 11.1. The Morgan fingerprint density at radius 2 is 2.19 bits per heavy atom. The van der Waals surface area contributed by atoms with Crippen LogP contribution in [-0.4, -0.2) is 24.5 Å². The zero-order valence-corrected chi connectivity index (χ0v) is 12.9. The Labute approximate surface area is 127 Å². The number of para-hydroxylation sites is 1. The number of rotatable bonds is 6. The molecule has 4 N–H and O–H groups in total. The van der Waals surface area contributed by atoms with Gasteiger partial charge in [-0.15, -0.1) is 0 Å². The van der Waals surface area contributed by atoms with Gasteiger partial charge >= 0.3 is 0 Å². The Balaban J connectivity index is 1.92. The normalized spacial score (nSPS) is 20.5. The number of carbonyl (C=O) groups is 1. The van der Waals surface area contributed by atoms with E-state index in [1.54, 1.807) is 0 Å². The molecule has 21 heavy (non-hydrogen) atoms. The highest BCUT2D eigenvalue weighted by atomic mass is 16.1. The maximum absolute atomic E-state index is 11.1. The number of hydrogen-bond donors (Lipinski definition) is 3. The van der Waals surface area contributed by atoms with Crippen LogP contribution in [0.25, 0.3) is 0 Å². The fourth-order valence-electron chi connectivity index (χ4n) is 3.06. The molecule has 1 aliphatic heterocycles. The van der Waals surface area contributed by atoms with Gasteiger partial charge in [0.2, 0.25) is 5.91 Å². The molecule has 0 bridgehead atoms. The molecule has 0 saturated carbocycles. The molecule has 1 amide bonds. The summed E-state index contributed by atoms with van der Waals surface area (Å²) < 4.78 is 0. The van der Waals surface area contributed by atoms with Crippen LogP contribution in [-0.2, 0) is 11.2 Å². The van der Waals surface area contributed by atoms with Crippen molar-refractivity contribution in [3.63, 3.8) is 0 Å². The molecule has 1 heterocycles. The van der Waals surface area contributed by atoms with E-state index in [2.05, 4.69) is 17.6 Å². The predicted octanol–water partition coefficient (Wildman–Crippen LogP) is 2.44. The van der Waals surface area contributed by atoms with Crippen LogP contribution in [0.4, 0.5) is 5.69 Å². The van der Waals surface area contributed by atoms with E-state index in [0.717, 1.165) is 24.2 Å². The molecule has 1 fully saturated rings. The van der Waals surface area contributed by atoms with E-state index >= 15 is 0 Å². The van der Waals surface area contributed by atoms with Crippen LogP contribution in [0.3, 0.4) is 0 Å². The number of primary amides is 1. The Morgan fingerprint density at radius 1 is 1.38 bits per heavy atom. The molecule has 2 atom stereocenters. The van der Waals surface area contributed by atoms with Crippen molar-refractivity contribution >= 4 is 11.6 Å². The van der Waals surface area contributed by atoms with Gasteiger partial charge in [0, 0.05) is 17.8 Å². The van der Waals surface area contributed by atoms with Crippen LogP contribution in [0.15, 0.2) is 24.3 Å². The SMILES string of the molecule is CC(CC1CCCCCN1)Nc1ccccc1CC(N)=O. The average molecular weight is 289 g/mol. The second-order valence-corrected chi connectivity index (χ2v) is 6.08. The van der Waals surface area contributed by atoms with Crippen LogP contribution in [0.5, 0.6) is 0 Å². The third kappa shape index (κ3) is 5.38. The van der Waals surface area contributed by atoms with Crippen LogP contribution in [0, 0.1) is 0 Å². The van der Waals surface area contributed by atoms with Crippen molar-refractivity contribution in [2.45, 2.75) is 57.5 Å². The largest absolute Gasteiger partial charge is 0.382 e. The third-order valence-electron chi connectivity index (χ3n) is 4.08. The quantitative estimate of drug-likeness (QED) is 0.753. The van der Waals surface area contributed by atoms with Gasteiger partial charge in [-0.1, -0.05) is 31.0 Å². The minimum absolute atomic E-state index is 0.289. The van der Waals surface area contributed by atoms with E-state index in [0.29, 0.717) is 12.1 Å². The number of amides is 1. The van der Waals surface area contributed by atoms with Gasteiger partial charge in [0.05, 0.1) is 6.42 Å². The van der Waals surface area contributed by atoms with Crippen LogP contribution in [0.1, 0.15) is 44.6 Å². The van der Waals surface area contributed by atoms with Gasteiger partial charge < -0.3 is 16.4 Å². The summed E-state index contributed by atoms with van der Waals surface area (Å²) in [6.45, 7) is 3.34. The van der Waals surface area contributed by atoms with Gasteiger partial charge in [-0.25, -0.2) is 0 Å². The first-order valence-electron chi connectivity index (χ1n) is 8.01. The number of nitrogens with one attached hydrogen (secondary N) is 2. The van der Waals surface area contributed by atoms with Gasteiger partial charge in [-0.2, -0.15) is 0 Å². The molecule has 4 heteroatoms. The molecule has 1 aromatic carbocycles. The number of carbonyl (C=O) groups excluding carboxylic acids is 1. The Morgan fingerprint density at radius 3 is 3.00 bits per heavy atom. The van der Waals surface area contributed by atoms with Gasteiger partial charge in [0.15, 0.2) is 0 Å². The van der Waals surface area contributed by atoms with Crippen molar-refractivity contribution in [3.8, 4) is 0 Å². The molecular formula is C17H27N3O.